The molecular weight excluding hydrogens is 448 g/mol. The second kappa shape index (κ2) is 8.63. The Balaban J connectivity index is 1.93. The number of nitrogens with zero attached hydrogens (tertiary/aromatic N) is 3. The van der Waals surface area contributed by atoms with Gasteiger partial charge in [-0.2, -0.15) is 5.10 Å². The molecule has 2 aromatic carbocycles. The molecule has 2 aromatic heterocycles. The zero-order valence-electron chi connectivity index (χ0n) is 15.1. The number of halogens is 3. The molecular formula is C21H14Cl2FN3S2. The Labute approximate surface area is 185 Å². The fraction of sp³-hybridized carbons (Fsp3) is 0.0476. The Morgan fingerprint density at radius 1 is 1.00 bits per heavy atom. The molecule has 3 nitrogen and oxygen atoms in total. The van der Waals surface area contributed by atoms with Gasteiger partial charge in [0.2, 0.25) is 4.80 Å². The van der Waals surface area contributed by atoms with Crippen LogP contribution in [0.1, 0.15) is 11.8 Å². The molecule has 0 bridgehead atoms. The second-order valence-corrected chi connectivity index (χ2v) is 8.67. The number of rotatable bonds is 4. The van der Waals surface area contributed by atoms with Crippen LogP contribution in [-0.4, -0.2) is 10.4 Å². The molecule has 0 unspecified atom stereocenters. The van der Waals surface area contributed by atoms with Gasteiger partial charge in [0.05, 0.1) is 26.3 Å². The first-order valence-electron chi connectivity index (χ1n) is 8.57. The van der Waals surface area contributed by atoms with Crippen molar-refractivity contribution >= 4 is 57.3 Å². The van der Waals surface area contributed by atoms with Gasteiger partial charge in [-0.05, 0) is 42.6 Å². The summed E-state index contributed by atoms with van der Waals surface area (Å²) in [6.45, 7) is 1.93. The van der Waals surface area contributed by atoms with Crippen molar-refractivity contribution < 1.29 is 4.39 Å². The molecule has 29 heavy (non-hydrogen) atoms. The zero-order chi connectivity index (χ0) is 20.4. The molecule has 0 N–H and O–H groups in total. The highest BCUT2D eigenvalue weighted by Gasteiger charge is 2.12. The minimum absolute atomic E-state index is 0.257. The highest BCUT2D eigenvalue weighted by Crippen LogP contribution is 2.29. The first kappa shape index (κ1) is 20.0. The van der Waals surface area contributed by atoms with Crippen molar-refractivity contribution in [3.63, 3.8) is 0 Å². The van der Waals surface area contributed by atoms with E-state index in [9.17, 15) is 4.39 Å². The molecule has 0 fully saturated rings. The Kier molecular flexibility index (Phi) is 5.96. The maximum Gasteiger partial charge on any atom is 0.211 e. The Hall–Kier alpha value is -2.25. The summed E-state index contributed by atoms with van der Waals surface area (Å²) in [6.07, 6.45) is 0. The maximum absolute atomic E-state index is 14.2. The zero-order valence-corrected chi connectivity index (χ0v) is 18.3. The summed E-state index contributed by atoms with van der Waals surface area (Å²) in [6, 6.07) is 15.8. The van der Waals surface area contributed by atoms with Crippen molar-refractivity contribution in [3.8, 4) is 11.3 Å². The number of para-hydroxylation sites is 1. The third kappa shape index (κ3) is 4.36. The van der Waals surface area contributed by atoms with Crippen molar-refractivity contribution in [3.05, 3.63) is 90.9 Å². The van der Waals surface area contributed by atoms with Crippen LogP contribution in [0.4, 0.5) is 10.1 Å². The van der Waals surface area contributed by atoms with Crippen LogP contribution < -0.4 is 4.80 Å². The van der Waals surface area contributed by atoms with E-state index in [4.69, 9.17) is 28.3 Å². The molecule has 0 saturated carbocycles. The summed E-state index contributed by atoms with van der Waals surface area (Å²) in [5, 5.41) is 9.63. The lowest BCUT2D eigenvalue weighted by Gasteiger charge is -2.07. The number of benzene rings is 2. The standard InChI is InChI=1S/C21H14Cl2FN3S2/c1-13(20-7-4-10-28-20)26-27-19(14-8-9-15(22)16(23)11-14)12-29-21(27)25-18-6-3-2-5-17(18)24/h2-12H,1H3/b25-21?,26-13+. The molecule has 0 amide bonds. The predicted octanol–water partition coefficient (Wildman–Crippen LogP) is 7.23. The van der Waals surface area contributed by atoms with Crippen molar-refractivity contribution in [1.82, 2.24) is 4.68 Å². The maximum atomic E-state index is 14.2. The number of thiophene rings is 1. The highest BCUT2D eigenvalue weighted by atomic mass is 35.5. The molecule has 146 valence electrons. The van der Waals surface area contributed by atoms with Crippen LogP contribution in [-0.2, 0) is 0 Å². The van der Waals surface area contributed by atoms with E-state index >= 15 is 0 Å². The first-order chi connectivity index (χ1) is 14.0. The van der Waals surface area contributed by atoms with E-state index in [1.54, 1.807) is 46.3 Å². The van der Waals surface area contributed by atoms with E-state index in [1.165, 1.54) is 17.4 Å². The van der Waals surface area contributed by atoms with Gasteiger partial charge in [-0.15, -0.1) is 22.7 Å². The normalized spacial score (nSPS) is 12.6. The smallest absolute Gasteiger partial charge is 0.211 e. The second-order valence-electron chi connectivity index (χ2n) is 6.07. The molecule has 0 atom stereocenters. The van der Waals surface area contributed by atoms with Crippen molar-refractivity contribution in [2.75, 3.05) is 0 Å². The van der Waals surface area contributed by atoms with E-state index in [0.717, 1.165) is 21.8 Å². The highest BCUT2D eigenvalue weighted by molar-refractivity contribution is 7.12. The van der Waals surface area contributed by atoms with E-state index in [1.807, 2.05) is 35.9 Å². The summed E-state index contributed by atoms with van der Waals surface area (Å²) in [5.74, 6) is -0.387. The van der Waals surface area contributed by atoms with Gasteiger partial charge in [0.1, 0.15) is 11.5 Å². The van der Waals surface area contributed by atoms with Gasteiger partial charge in [-0.3, -0.25) is 0 Å². The van der Waals surface area contributed by atoms with Crippen LogP contribution in [0.15, 0.2) is 75.5 Å². The van der Waals surface area contributed by atoms with Gasteiger partial charge < -0.3 is 0 Å². The van der Waals surface area contributed by atoms with Crippen LogP contribution in [0.2, 0.25) is 10.0 Å². The first-order valence-corrected chi connectivity index (χ1v) is 11.1. The van der Waals surface area contributed by atoms with Gasteiger partial charge in [0.15, 0.2) is 0 Å². The van der Waals surface area contributed by atoms with E-state index in [-0.39, 0.29) is 11.5 Å². The lowest BCUT2D eigenvalue weighted by atomic mass is 10.2. The lowest BCUT2D eigenvalue weighted by molar-refractivity contribution is 0.628. The Morgan fingerprint density at radius 3 is 2.55 bits per heavy atom. The number of aromatic nitrogens is 1. The molecule has 4 rings (SSSR count). The van der Waals surface area contributed by atoms with Gasteiger partial charge in [0, 0.05) is 10.9 Å². The Bertz CT molecular complexity index is 1260. The van der Waals surface area contributed by atoms with Gasteiger partial charge in [-0.1, -0.05) is 47.5 Å². The largest absolute Gasteiger partial charge is 0.217 e. The monoisotopic (exact) mass is 461 g/mol. The molecule has 0 aliphatic carbocycles. The van der Waals surface area contributed by atoms with Crippen molar-refractivity contribution in [2.24, 2.45) is 10.1 Å². The van der Waals surface area contributed by atoms with Gasteiger partial charge in [-0.25, -0.2) is 14.1 Å². The van der Waals surface area contributed by atoms with Gasteiger partial charge >= 0.3 is 0 Å². The fourth-order valence-corrected chi connectivity index (χ4v) is 4.47. The molecule has 2 heterocycles. The third-order valence-corrected chi connectivity index (χ3v) is 6.63. The van der Waals surface area contributed by atoms with Crippen molar-refractivity contribution in [1.29, 1.82) is 0 Å². The number of hydrogen-bond acceptors (Lipinski definition) is 4. The van der Waals surface area contributed by atoms with Crippen molar-refractivity contribution in [2.45, 2.75) is 6.92 Å². The van der Waals surface area contributed by atoms with Crippen LogP contribution in [0, 0.1) is 5.82 Å². The van der Waals surface area contributed by atoms with Crippen LogP contribution in [0.5, 0.6) is 0 Å². The average molecular weight is 462 g/mol. The number of thiazole rings is 1. The predicted molar refractivity (Wildman–Crippen MR) is 121 cm³/mol. The van der Waals surface area contributed by atoms with E-state index < -0.39 is 0 Å². The van der Waals surface area contributed by atoms with Crippen LogP contribution in [0.25, 0.3) is 11.3 Å². The molecule has 8 heteroatoms. The average Bonchev–Trinajstić information content (AvgIpc) is 3.37. The molecule has 0 aliphatic heterocycles. The van der Waals surface area contributed by atoms with Gasteiger partial charge in [0.25, 0.3) is 0 Å². The van der Waals surface area contributed by atoms with E-state index in [2.05, 4.69) is 4.99 Å². The molecule has 0 spiro atoms. The van der Waals surface area contributed by atoms with Crippen LogP contribution >= 0.6 is 45.9 Å². The lowest BCUT2D eigenvalue weighted by Crippen LogP contribution is -2.13. The summed E-state index contributed by atoms with van der Waals surface area (Å²) >= 11 is 15.3. The molecule has 0 aliphatic rings. The summed E-state index contributed by atoms with van der Waals surface area (Å²) in [5.41, 5.74) is 2.72. The minimum atomic E-state index is -0.387. The minimum Gasteiger partial charge on any atom is -0.217 e. The molecule has 0 radical (unpaired) electrons. The number of hydrogen-bond donors (Lipinski definition) is 0. The van der Waals surface area contributed by atoms with Crippen LogP contribution in [0.3, 0.4) is 0 Å². The molecule has 4 aromatic rings. The fourth-order valence-electron chi connectivity index (χ4n) is 2.66. The van der Waals surface area contributed by atoms with E-state index in [0.29, 0.717) is 14.8 Å². The topological polar surface area (TPSA) is 29.6 Å². The quantitative estimate of drug-likeness (QED) is 0.287. The summed E-state index contributed by atoms with van der Waals surface area (Å²) in [7, 11) is 0. The Morgan fingerprint density at radius 2 is 1.83 bits per heavy atom. The molecule has 0 saturated heterocycles. The summed E-state index contributed by atoms with van der Waals surface area (Å²) in [4.78, 5) is 6.10. The summed E-state index contributed by atoms with van der Waals surface area (Å²) < 4.78 is 15.9. The third-order valence-electron chi connectivity index (χ3n) is 4.10. The SMILES string of the molecule is C/C(=N\n1c(-c2ccc(Cl)c(Cl)c2)csc1=Nc1ccccc1F)c1cccs1.